The minimum atomic E-state index is -0.174. The number of oxime groups is 1. The van der Waals surface area contributed by atoms with Crippen molar-refractivity contribution < 1.29 is 10.0 Å². The van der Waals surface area contributed by atoms with Gasteiger partial charge in [0.2, 0.25) is 0 Å². The monoisotopic (exact) mass is 311 g/mol. The van der Waals surface area contributed by atoms with Crippen LogP contribution < -0.4 is 11.1 Å². The van der Waals surface area contributed by atoms with Crippen molar-refractivity contribution in [2.24, 2.45) is 10.9 Å². The van der Waals surface area contributed by atoms with Gasteiger partial charge in [0.05, 0.1) is 17.3 Å². The Labute approximate surface area is 127 Å². The van der Waals surface area contributed by atoms with E-state index < -0.39 is 0 Å². The minimum absolute atomic E-state index is 0.170. The van der Waals surface area contributed by atoms with E-state index in [1.807, 2.05) is 17.0 Å². The highest BCUT2D eigenvalue weighted by atomic mass is 35.5. The van der Waals surface area contributed by atoms with Crippen LogP contribution in [0.1, 0.15) is 0 Å². The van der Waals surface area contributed by atoms with Crippen molar-refractivity contribution in [2.75, 3.05) is 38.0 Å². The first kappa shape index (κ1) is 15.4. The van der Waals surface area contributed by atoms with Crippen molar-refractivity contribution in [1.29, 1.82) is 0 Å². The Morgan fingerprint density at radius 3 is 2.62 bits per heavy atom. The van der Waals surface area contributed by atoms with E-state index in [2.05, 4.69) is 10.5 Å². The predicted molar refractivity (Wildman–Crippen MR) is 81.9 cm³/mol. The number of hydrogen-bond donors (Lipinski definition) is 3. The summed E-state index contributed by atoms with van der Waals surface area (Å²) in [6.45, 7) is 2.90. The van der Waals surface area contributed by atoms with Gasteiger partial charge in [-0.1, -0.05) is 28.9 Å². The maximum absolute atomic E-state index is 12.2. The van der Waals surface area contributed by atoms with Crippen LogP contribution in [-0.2, 0) is 0 Å². The number of rotatable bonds is 3. The van der Waals surface area contributed by atoms with Crippen molar-refractivity contribution in [1.82, 2.24) is 9.80 Å². The molecule has 0 spiro atoms. The third-order valence-corrected chi connectivity index (χ3v) is 3.62. The molecule has 0 aromatic heterocycles. The standard InChI is InChI=1S/C13H18ClN5O2/c14-10-3-1-2-4-11(10)16-13(20)19-7-5-18(6-8-19)9-12(15)17-21/h1-4,21H,5-9H2,(H2,15,17)(H,16,20). The number of nitrogens with one attached hydrogen (secondary N) is 1. The lowest BCUT2D eigenvalue weighted by atomic mass is 10.3. The molecule has 8 heteroatoms. The van der Waals surface area contributed by atoms with Crippen molar-refractivity contribution >= 4 is 29.2 Å². The highest BCUT2D eigenvalue weighted by Gasteiger charge is 2.21. The summed E-state index contributed by atoms with van der Waals surface area (Å²) in [5, 5.41) is 14.8. The lowest BCUT2D eigenvalue weighted by Crippen LogP contribution is -2.51. The first-order chi connectivity index (χ1) is 10.1. The van der Waals surface area contributed by atoms with Crippen LogP contribution in [0.15, 0.2) is 29.4 Å². The molecule has 21 heavy (non-hydrogen) atoms. The van der Waals surface area contributed by atoms with Crippen LogP contribution in [0.2, 0.25) is 5.02 Å². The SMILES string of the molecule is NC(CN1CCN(C(=O)Nc2ccccc2Cl)CC1)=NO. The second kappa shape index (κ2) is 7.14. The first-order valence-corrected chi connectivity index (χ1v) is 6.97. The molecule has 114 valence electrons. The molecule has 7 nitrogen and oxygen atoms in total. The maximum Gasteiger partial charge on any atom is 0.321 e. The van der Waals surface area contributed by atoms with Crippen molar-refractivity contribution in [2.45, 2.75) is 0 Å². The molecule has 0 radical (unpaired) electrons. The average molecular weight is 312 g/mol. The van der Waals surface area contributed by atoms with E-state index in [0.29, 0.717) is 43.4 Å². The van der Waals surface area contributed by atoms with Gasteiger partial charge in [0.1, 0.15) is 0 Å². The van der Waals surface area contributed by atoms with E-state index in [1.54, 1.807) is 17.0 Å². The van der Waals surface area contributed by atoms with Gasteiger partial charge in [0, 0.05) is 26.2 Å². The fourth-order valence-electron chi connectivity index (χ4n) is 2.13. The third kappa shape index (κ3) is 4.24. The minimum Gasteiger partial charge on any atom is -0.409 e. The summed E-state index contributed by atoms with van der Waals surface area (Å²) >= 11 is 6.01. The van der Waals surface area contributed by atoms with Gasteiger partial charge in [-0.15, -0.1) is 0 Å². The lowest BCUT2D eigenvalue weighted by Gasteiger charge is -2.34. The largest absolute Gasteiger partial charge is 0.409 e. The Morgan fingerprint density at radius 1 is 1.33 bits per heavy atom. The van der Waals surface area contributed by atoms with Gasteiger partial charge < -0.3 is 21.2 Å². The highest BCUT2D eigenvalue weighted by Crippen LogP contribution is 2.20. The van der Waals surface area contributed by atoms with Crippen LogP contribution in [0.4, 0.5) is 10.5 Å². The highest BCUT2D eigenvalue weighted by molar-refractivity contribution is 6.33. The number of anilines is 1. The number of amides is 2. The molecule has 0 saturated carbocycles. The summed E-state index contributed by atoms with van der Waals surface area (Å²) in [4.78, 5) is 15.9. The normalized spacial score (nSPS) is 16.8. The second-order valence-corrected chi connectivity index (χ2v) is 5.17. The average Bonchev–Trinajstić information content (AvgIpc) is 2.50. The number of amidine groups is 1. The summed E-state index contributed by atoms with van der Waals surface area (Å²) in [7, 11) is 0. The van der Waals surface area contributed by atoms with Crippen LogP contribution in [-0.4, -0.2) is 59.6 Å². The van der Waals surface area contributed by atoms with Crippen LogP contribution in [0, 0.1) is 0 Å². The fraction of sp³-hybridized carbons (Fsp3) is 0.385. The quantitative estimate of drug-likeness (QED) is 0.339. The molecule has 2 rings (SSSR count). The van der Waals surface area contributed by atoms with Crippen molar-refractivity contribution in [3.05, 3.63) is 29.3 Å². The number of carbonyl (C=O) groups excluding carboxylic acids is 1. The number of nitrogens with two attached hydrogens (primary N) is 1. The zero-order valence-electron chi connectivity index (χ0n) is 11.5. The molecular weight excluding hydrogens is 294 g/mol. The molecular formula is C13H18ClN5O2. The molecule has 1 aromatic rings. The van der Waals surface area contributed by atoms with Gasteiger partial charge in [-0.05, 0) is 12.1 Å². The summed E-state index contributed by atoms with van der Waals surface area (Å²) in [5.74, 6) is 0.170. The zero-order valence-corrected chi connectivity index (χ0v) is 12.3. The van der Waals surface area contributed by atoms with Crippen molar-refractivity contribution in [3.63, 3.8) is 0 Å². The molecule has 1 saturated heterocycles. The molecule has 0 atom stereocenters. The van der Waals surface area contributed by atoms with Gasteiger partial charge in [-0.3, -0.25) is 4.90 Å². The van der Waals surface area contributed by atoms with Crippen LogP contribution in [0.3, 0.4) is 0 Å². The Hall–Kier alpha value is -1.99. The van der Waals surface area contributed by atoms with Gasteiger partial charge in [0.25, 0.3) is 0 Å². The molecule has 0 unspecified atom stereocenters. The Morgan fingerprint density at radius 2 is 2.00 bits per heavy atom. The van der Waals surface area contributed by atoms with Gasteiger partial charge >= 0.3 is 6.03 Å². The van der Waals surface area contributed by atoms with Crippen molar-refractivity contribution in [3.8, 4) is 0 Å². The van der Waals surface area contributed by atoms with Crippen LogP contribution in [0.5, 0.6) is 0 Å². The number of nitrogens with zero attached hydrogens (tertiary/aromatic N) is 3. The first-order valence-electron chi connectivity index (χ1n) is 6.59. The van der Waals surface area contributed by atoms with Gasteiger partial charge in [-0.2, -0.15) is 0 Å². The number of halogens is 1. The Balaban J connectivity index is 1.85. The van der Waals surface area contributed by atoms with E-state index >= 15 is 0 Å². The molecule has 1 heterocycles. The summed E-state index contributed by atoms with van der Waals surface area (Å²) < 4.78 is 0. The third-order valence-electron chi connectivity index (χ3n) is 3.29. The molecule has 1 aliphatic heterocycles. The smallest absolute Gasteiger partial charge is 0.321 e. The molecule has 0 aliphatic carbocycles. The molecule has 0 bridgehead atoms. The molecule has 4 N–H and O–H groups in total. The number of para-hydroxylation sites is 1. The van der Waals surface area contributed by atoms with Crippen LogP contribution >= 0.6 is 11.6 Å². The van der Waals surface area contributed by atoms with E-state index in [-0.39, 0.29) is 11.9 Å². The maximum atomic E-state index is 12.2. The predicted octanol–water partition coefficient (Wildman–Crippen LogP) is 1.24. The molecule has 1 aromatic carbocycles. The number of benzene rings is 1. The number of piperazine rings is 1. The number of hydrogen-bond acceptors (Lipinski definition) is 4. The number of carbonyl (C=O) groups is 1. The zero-order chi connectivity index (χ0) is 15.2. The molecule has 2 amide bonds. The van der Waals surface area contributed by atoms with E-state index in [1.165, 1.54) is 0 Å². The summed E-state index contributed by atoms with van der Waals surface area (Å²) in [5.41, 5.74) is 6.07. The van der Waals surface area contributed by atoms with E-state index in [9.17, 15) is 4.79 Å². The van der Waals surface area contributed by atoms with E-state index in [0.717, 1.165) is 0 Å². The summed E-state index contributed by atoms with van der Waals surface area (Å²) in [6, 6.07) is 6.94. The lowest BCUT2D eigenvalue weighted by molar-refractivity contribution is 0.157. The van der Waals surface area contributed by atoms with Crippen LogP contribution in [0.25, 0.3) is 0 Å². The Bertz CT molecular complexity index is 529. The fourth-order valence-corrected chi connectivity index (χ4v) is 2.31. The second-order valence-electron chi connectivity index (χ2n) is 4.76. The molecule has 1 fully saturated rings. The topological polar surface area (TPSA) is 94.2 Å². The molecule has 1 aliphatic rings. The van der Waals surface area contributed by atoms with Gasteiger partial charge in [-0.25, -0.2) is 4.79 Å². The Kier molecular flexibility index (Phi) is 5.24. The summed E-state index contributed by atoms with van der Waals surface area (Å²) in [6.07, 6.45) is 0. The van der Waals surface area contributed by atoms with E-state index in [4.69, 9.17) is 22.5 Å². The van der Waals surface area contributed by atoms with Gasteiger partial charge in [0.15, 0.2) is 5.84 Å². The number of urea groups is 1.